The number of benzene rings is 2. The minimum atomic E-state index is 0.277. The summed E-state index contributed by atoms with van der Waals surface area (Å²) in [6.45, 7) is 3.10. The van der Waals surface area contributed by atoms with E-state index in [-0.39, 0.29) is 6.79 Å². The summed E-state index contributed by atoms with van der Waals surface area (Å²) in [6.07, 6.45) is 2.88. The molecule has 0 aromatic heterocycles. The quantitative estimate of drug-likeness (QED) is 0.607. The Kier molecular flexibility index (Phi) is 4.27. The molecule has 4 nitrogen and oxygen atoms in total. The highest BCUT2D eigenvalue weighted by molar-refractivity contribution is 7.81. The predicted molar refractivity (Wildman–Crippen MR) is 105 cm³/mol. The van der Waals surface area contributed by atoms with E-state index in [1.807, 2.05) is 37.3 Å². The second-order valence-electron chi connectivity index (χ2n) is 6.00. The number of rotatable bonds is 2. The van der Waals surface area contributed by atoms with Crippen molar-refractivity contribution in [1.29, 1.82) is 0 Å². The minimum absolute atomic E-state index is 0.277. The number of fused-ring (bicyclic) bond motifs is 2. The lowest BCUT2D eigenvalue weighted by Crippen LogP contribution is -2.24. The number of ether oxygens (including phenoxy) is 2. The molecule has 0 saturated carbocycles. The van der Waals surface area contributed by atoms with Gasteiger partial charge in [-0.1, -0.05) is 29.9 Å². The summed E-state index contributed by atoms with van der Waals surface area (Å²) in [5, 5.41) is 7.39. The van der Waals surface area contributed by atoms with Crippen LogP contribution in [-0.2, 0) is 6.42 Å². The van der Waals surface area contributed by atoms with Gasteiger partial charge in [0.25, 0.3) is 0 Å². The van der Waals surface area contributed by atoms with Gasteiger partial charge in [0.2, 0.25) is 6.79 Å². The van der Waals surface area contributed by atoms with Gasteiger partial charge in [0, 0.05) is 28.5 Å². The molecule has 4 rings (SSSR count). The third-order valence-corrected chi connectivity index (χ3v) is 5.03. The van der Waals surface area contributed by atoms with Crippen molar-refractivity contribution in [3.63, 3.8) is 0 Å². The maximum atomic E-state index is 6.17. The Balaban J connectivity index is 1.62. The van der Waals surface area contributed by atoms with Crippen LogP contribution in [-0.4, -0.2) is 18.3 Å². The van der Waals surface area contributed by atoms with E-state index >= 15 is 0 Å². The van der Waals surface area contributed by atoms with Crippen molar-refractivity contribution in [2.45, 2.75) is 13.3 Å². The summed E-state index contributed by atoms with van der Waals surface area (Å²) in [5.74, 6) is 1.59. The molecular weight excluding hydrogens is 356 g/mol. The van der Waals surface area contributed by atoms with Gasteiger partial charge in [-0.15, -0.1) is 0 Å². The van der Waals surface area contributed by atoms with E-state index in [0.717, 1.165) is 47.0 Å². The van der Waals surface area contributed by atoms with Crippen molar-refractivity contribution in [2.75, 3.05) is 18.7 Å². The molecule has 0 fully saturated rings. The second kappa shape index (κ2) is 6.58. The summed E-state index contributed by atoms with van der Waals surface area (Å²) >= 11 is 11.7. The van der Waals surface area contributed by atoms with Crippen LogP contribution in [0.2, 0.25) is 5.02 Å². The van der Waals surface area contributed by atoms with Crippen molar-refractivity contribution in [1.82, 2.24) is 5.32 Å². The summed E-state index contributed by atoms with van der Waals surface area (Å²) in [6, 6.07) is 9.81. The summed E-state index contributed by atoms with van der Waals surface area (Å²) < 4.78 is 11.0. The average Bonchev–Trinajstić information content (AvgIpc) is 3.05. The fourth-order valence-electron chi connectivity index (χ4n) is 3.04. The molecule has 0 bridgehead atoms. The summed E-state index contributed by atoms with van der Waals surface area (Å²) in [4.78, 5) is 0.624. The van der Waals surface area contributed by atoms with E-state index in [1.54, 1.807) is 0 Å². The molecular formula is C19H17ClN2O2S. The predicted octanol–water partition coefficient (Wildman–Crippen LogP) is 4.30. The summed E-state index contributed by atoms with van der Waals surface area (Å²) in [7, 11) is 0. The zero-order valence-corrected chi connectivity index (χ0v) is 15.3. The Hall–Kier alpha value is -2.24. The molecule has 2 aliphatic rings. The van der Waals surface area contributed by atoms with E-state index in [0.29, 0.717) is 10.0 Å². The molecule has 0 radical (unpaired) electrons. The van der Waals surface area contributed by atoms with Crippen molar-refractivity contribution in [3.05, 3.63) is 58.1 Å². The standard InChI is InChI=1S/C19H17ClN2O2S/c1-11-14(20)3-2-4-15(11)22-19(25)9-16-13-8-18-17(23-10-24-18)7-12(13)5-6-21-16/h2-4,7-9,21H,5-6,10H2,1H3,(H,22,25). The first-order chi connectivity index (χ1) is 12.1. The molecule has 0 atom stereocenters. The van der Waals surface area contributed by atoms with Gasteiger partial charge in [-0.3, -0.25) is 0 Å². The molecule has 0 unspecified atom stereocenters. The van der Waals surface area contributed by atoms with Gasteiger partial charge in [-0.2, -0.15) is 0 Å². The first kappa shape index (κ1) is 16.2. The van der Waals surface area contributed by atoms with Gasteiger partial charge in [0.05, 0.1) is 0 Å². The van der Waals surface area contributed by atoms with Gasteiger partial charge >= 0.3 is 0 Å². The molecule has 2 aromatic carbocycles. The first-order valence-corrected chi connectivity index (χ1v) is 8.85. The molecule has 2 N–H and O–H groups in total. The van der Waals surface area contributed by atoms with Gasteiger partial charge in [0.1, 0.15) is 4.99 Å². The lowest BCUT2D eigenvalue weighted by atomic mass is 9.97. The molecule has 128 valence electrons. The second-order valence-corrected chi connectivity index (χ2v) is 6.85. The number of hydrogen-bond donors (Lipinski definition) is 2. The molecule has 6 heteroatoms. The molecule has 0 aliphatic carbocycles. The van der Waals surface area contributed by atoms with Crippen LogP contribution < -0.4 is 20.1 Å². The molecule has 25 heavy (non-hydrogen) atoms. The Bertz CT molecular complexity index is 895. The molecule has 2 aliphatic heterocycles. The Morgan fingerprint density at radius 2 is 2.08 bits per heavy atom. The van der Waals surface area contributed by atoms with Crippen LogP contribution in [0, 0.1) is 6.92 Å². The first-order valence-electron chi connectivity index (χ1n) is 8.06. The maximum absolute atomic E-state index is 6.17. The Morgan fingerprint density at radius 1 is 1.28 bits per heavy atom. The number of hydrogen-bond acceptors (Lipinski definition) is 4. The van der Waals surface area contributed by atoms with Crippen LogP contribution >= 0.6 is 23.8 Å². The minimum Gasteiger partial charge on any atom is -0.454 e. The largest absolute Gasteiger partial charge is 0.454 e. The van der Waals surface area contributed by atoms with Crippen LogP contribution in [0.4, 0.5) is 5.69 Å². The highest BCUT2D eigenvalue weighted by Crippen LogP contribution is 2.38. The van der Waals surface area contributed by atoms with Crippen molar-refractivity contribution in [3.8, 4) is 11.5 Å². The van der Waals surface area contributed by atoms with Gasteiger partial charge in [0.15, 0.2) is 11.5 Å². The zero-order valence-electron chi connectivity index (χ0n) is 13.7. The van der Waals surface area contributed by atoms with Gasteiger partial charge in [-0.05, 0) is 54.8 Å². The van der Waals surface area contributed by atoms with E-state index in [2.05, 4.69) is 16.7 Å². The zero-order chi connectivity index (χ0) is 17.4. The fourth-order valence-corrected chi connectivity index (χ4v) is 3.44. The van der Waals surface area contributed by atoms with Crippen molar-refractivity contribution >= 4 is 40.2 Å². The smallest absolute Gasteiger partial charge is 0.231 e. The van der Waals surface area contributed by atoms with Gasteiger partial charge in [-0.25, -0.2) is 0 Å². The molecule has 0 saturated heterocycles. The van der Waals surface area contributed by atoms with E-state index in [9.17, 15) is 0 Å². The molecule has 2 aromatic rings. The highest BCUT2D eigenvalue weighted by Gasteiger charge is 2.21. The lowest BCUT2D eigenvalue weighted by Gasteiger charge is -2.22. The molecule has 2 heterocycles. The van der Waals surface area contributed by atoms with E-state index < -0.39 is 0 Å². The summed E-state index contributed by atoms with van der Waals surface area (Å²) in [5.41, 5.74) is 5.21. The van der Waals surface area contributed by atoms with E-state index in [4.69, 9.17) is 33.3 Å². The third kappa shape index (κ3) is 3.17. The fraction of sp³-hybridized carbons (Fsp3) is 0.211. The molecule has 0 amide bonds. The SMILES string of the molecule is Cc1c(Cl)cccc1NC(=S)C=C1NCCc2cc3c(cc21)OCO3. The Labute approximate surface area is 156 Å². The number of anilines is 1. The van der Waals surface area contributed by atoms with E-state index in [1.165, 1.54) is 5.56 Å². The van der Waals surface area contributed by atoms with Crippen LogP contribution in [0.3, 0.4) is 0 Å². The lowest BCUT2D eigenvalue weighted by molar-refractivity contribution is 0.174. The van der Waals surface area contributed by atoms with Crippen LogP contribution in [0.25, 0.3) is 5.70 Å². The number of thiocarbonyl (C=S) groups is 1. The normalized spacial score (nSPS) is 16.3. The third-order valence-electron chi connectivity index (χ3n) is 4.40. The average molecular weight is 373 g/mol. The number of nitrogens with one attached hydrogen (secondary N) is 2. The van der Waals surface area contributed by atoms with Crippen LogP contribution in [0.1, 0.15) is 16.7 Å². The van der Waals surface area contributed by atoms with Crippen molar-refractivity contribution in [2.24, 2.45) is 0 Å². The molecule has 0 spiro atoms. The Morgan fingerprint density at radius 3 is 2.92 bits per heavy atom. The van der Waals surface area contributed by atoms with Crippen molar-refractivity contribution < 1.29 is 9.47 Å². The maximum Gasteiger partial charge on any atom is 0.231 e. The number of halogens is 1. The van der Waals surface area contributed by atoms with Crippen LogP contribution in [0.15, 0.2) is 36.4 Å². The topological polar surface area (TPSA) is 42.5 Å². The highest BCUT2D eigenvalue weighted by atomic mass is 35.5. The monoisotopic (exact) mass is 372 g/mol. The van der Waals surface area contributed by atoms with Crippen LogP contribution in [0.5, 0.6) is 11.5 Å². The van der Waals surface area contributed by atoms with Gasteiger partial charge < -0.3 is 20.1 Å².